The van der Waals surface area contributed by atoms with Crippen molar-refractivity contribution in [3.8, 4) is 0 Å². The molecule has 115 valence electrons. The molecule has 0 saturated heterocycles. The van der Waals surface area contributed by atoms with Gasteiger partial charge in [-0.1, -0.05) is 54.6 Å². The van der Waals surface area contributed by atoms with Crippen LogP contribution in [-0.4, -0.2) is 5.71 Å². The molecule has 0 amide bonds. The molecule has 0 spiro atoms. The van der Waals surface area contributed by atoms with Crippen LogP contribution in [-0.2, 0) is 25.6 Å². The fourth-order valence-corrected chi connectivity index (χ4v) is 3.19. The summed E-state index contributed by atoms with van der Waals surface area (Å²) in [5.74, 6) is 0. The van der Waals surface area contributed by atoms with Crippen LogP contribution >= 0.6 is 0 Å². The number of fused-ring (bicyclic) bond motifs is 1. The third kappa shape index (κ3) is 2.59. The minimum atomic E-state index is -0.336. The number of aliphatic imine (C=N–C) groups is 1. The Morgan fingerprint density at radius 2 is 1.52 bits per heavy atom. The normalized spacial score (nSPS) is 18.7. The summed E-state index contributed by atoms with van der Waals surface area (Å²) >= 11 is 0. The smallest absolute Gasteiger partial charge is 0.0977 e. The minimum absolute atomic E-state index is 0. The van der Waals surface area contributed by atoms with Crippen LogP contribution in [0.4, 0.5) is 0 Å². The third-order valence-electron chi connectivity index (χ3n) is 4.34. The molecule has 0 fully saturated rings. The first kappa shape index (κ1) is 15.9. The maximum absolute atomic E-state index is 5.11. The van der Waals surface area contributed by atoms with Gasteiger partial charge in [-0.2, -0.15) is 0 Å². The fourth-order valence-electron chi connectivity index (χ4n) is 3.19. The van der Waals surface area contributed by atoms with Gasteiger partial charge in [-0.3, -0.25) is 0 Å². The van der Waals surface area contributed by atoms with E-state index >= 15 is 0 Å². The Morgan fingerprint density at radius 3 is 2.26 bits per heavy atom. The molecule has 3 aromatic carbocycles. The first-order chi connectivity index (χ1) is 10.8. The molecule has 0 aromatic heterocycles. The van der Waals surface area contributed by atoms with Gasteiger partial charge in [-0.05, 0) is 29.3 Å². The van der Waals surface area contributed by atoms with Crippen LogP contribution in [0.3, 0.4) is 0 Å². The second kappa shape index (κ2) is 6.23. The summed E-state index contributed by atoms with van der Waals surface area (Å²) < 4.78 is 0. The van der Waals surface area contributed by atoms with Gasteiger partial charge < -0.3 is 4.99 Å². The summed E-state index contributed by atoms with van der Waals surface area (Å²) in [7, 11) is 0. The maximum Gasteiger partial charge on any atom is 0.0977 e. The van der Waals surface area contributed by atoms with Gasteiger partial charge in [0.1, 0.15) is 0 Å². The van der Waals surface area contributed by atoms with Crippen LogP contribution in [0, 0.1) is 6.07 Å². The minimum Gasteiger partial charge on any atom is -0.316 e. The summed E-state index contributed by atoms with van der Waals surface area (Å²) in [4.78, 5) is 5.11. The van der Waals surface area contributed by atoms with Crippen molar-refractivity contribution in [2.75, 3.05) is 0 Å². The van der Waals surface area contributed by atoms with Gasteiger partial charge in [0.05, 0.1) is 5.54 Å². The third-order valence-corrected chi connectivity index (χ3v) is 4.34. The molecular weight excluding hydrogens is 458 g/mol. The zero-order chi connectivity index (χ0) is 15.0. The largest absolute Gasteiger partial charge is 0.316 e. The Hall–Kier alpha value is -2.02. The molecule has 4 rings (SSSR count). The summed E-state index contributed by atoms with van der Waals surface area (Å²) in [6.07, 6.45) is 0. The van der Waals surface area contributed by atoms with E-state index < -0.39 is 0 Å². The fraction of sp³-hybridized carbons (Fsp3) is 0.0952. The quantitative estimate of drug-likeness (QED) is 0.482. The Bertz CT molecular complexity index is 840. The molecule has 1 heterocycles. The first-order valence-electron chi connectivity index (χ1n) is 7.51. The average Bonchev–Trinajstić information content (AvgIpc) is 2.91. The molecule has 0 aliphatic carbocycles. The van der Waals surface area contributed by atoms with Crippen LogP contribution in [0.25, 0.3) is 0 Å². The van der Waals surface area contributed by atoms with Crippen molar-refractivity contribution in [1.29, 1.82) is 0 Å². The van der Waals surface area contributed by atoms with E-state index in [1.807, 2.05) is 24.3 Å². The van der Waals surface area contributed by atoms with E-state index in [1.54, 1.807) is 0 Å². The monoisotopic (exact) mass is 475 g/mol. The molecule has 1 aliphatic rings. The molecule has 0 bridgehead atoms. The number of benzene rings is 3. The van der Waals surface area contributed by atoms with E-state index in [4.69, 9.17) is 4.99 Å². The van der Waals surface area contributed by atoms with Crippen molar-refractivity contribution in [2.45, 2.75) is 12.5 Å². The predicted molar refractivity (Wildman–Crippen MR) is 90.3 cm³/mol. The molecule has 0 N–H and O–H groups in total. The average molecular weight is 475 g/mol. The van der Waals surface area contributed by atoms with Crippen LogP contribution in [0.5, 0.6) is 0 Å². The van der Waals surface area contributed by atoms with E-state index in [0.717, 1.165) is 11.3 Å². The zero-order valence-corrected chi connectivity index (χ0v) is 15.2. The summed E-state index contributed by atoms with van der Waals surface area (Å²) in [6.45, 7) is 2.19. The molecule has 3 aromatic rings. The molecule has 1 atom stereocenters. The molecule has 1 unspecified atom stereocenters. The van der Waals surface area contributed by atoms with E-state index in [0.29, 0.717) is 0 Å². The standard InChI is InChI=1S/C21H16N.Ir/c1-21(17-12-6-3-7-13-17)19-15-9-8-14-18(19)20(22-21)16-10-4-2-5-11-16;/h2-10,12-15H,1H3;/q-1;. The second-order valence-electron chi connectivity index (χ2n) is 5.72. The molecule has 1 aliphatic heterocycles. The van der Waals surface area contributed by atoms with E-state index in [1.165, 1.54) is 16.7 Å². The van der Waals surface area contributed by atoms with Crippen LogP contribution < -0.4 is 0 Å². The zero-order valence-electron chi connectivity index (χ0n) is 12.8. The van der Waals surface area contributed by atoms with Crippen molar-refractivity contribution in [3.05, 3.63) is 107 Å². The van der Waals surface area contributed by atoms with E-state index in [-0.39, 0.29) is 25.6 Å². The van der Waals surface area contributed by atoms with Crippen molar-refractivity contribution in [1.82, 2.24) is 0 Å². The molecule has 23 heavy (non-hydrogen) atoms. The predicted octanol–water partition coefficient (Wildman–Crippen LogP) is 4.60. The van der Waals surface area contributed by atoms with Gasteiger partial charge in [-0.15, -0.1) is 35.9 Å². The van der Waals surface area contributed by atoms with Gasteiger partial charge in [0, 0.05) is 20.1 Å². The van der Waals surface area contributed by atoms with E-state index in [9.17, 15) is 0 Å². The van der Waals surface area contributed by atoms with Gasteiger partial charge in [-0.25, -0.2) is 0 Å². The Balaban J connectivity index is 0.00000156. The van der Waals surface area contributed by atoms with Crippen molar-refractivity contribution >= 4 is 5.71 Å². The maximum atomic E-state index is 5.11. The molecular formula is C21H16IrN-. The van der Waals surface area contributed by atoms with Crippen molar-refractivity contribution in [3.63, 3.8) is 0 Å². The van der Waals surface area contributed by atoms with Gasteiger partial charge >= 0.3 is 0 Å². The van der Waals surface area contributed by atoms with Crippen LogP contribution in [0.1, 0.15) is 29.2 Å². The van der Waals surface area contributed by atoms with Crippen molar-refractivity contribution in [2.24, 2.45) is 4.99 Å². The van der Waals surface area contributed by atoms with E-state index in [2.05, 4.69) is 67.6 Å². The molecule has 0 saturated carbocycles. The van der Waals surface area contributed by atoms with Crippen LogP contribution in [0.15, 0.2) is 83.9 Å². The van der Waals surface area contributed by atoms with Gasteiger partial charge in [0.15, 0.2) is 0 Å². The molecule has 1 nitrogen and oxygen atoms in total. The molecule has 2 heteroatoms. The number of nitrogens with zero attached hydrogens (tertiary/aromatic N) is 1. The molecule has 1 radical (unpaired) electrons. The first-order valence-corrected chi connectivity index (χ1v) is 7.51. The Morgan fingerprint density at radius 1 is 0.826 bits per heavy atom. The second-order valence-corrected chi connectivity index (χ2v) is 5.72. The SMILES string of the molecule is CC1(c2ccccc2)N=C(c2[c-]cccc2)c2ccccc21.[Ir]. The van der Waals surface area contributed by atoms with Crippen molar-refractivity contribution < 1.29 is 20.1 Å². The summed E-state index contributed by atoms with van der Waals surface area (Å²) in [5.41, 5.74) is 5.42. The summed E-state index contributed by atoms with van der Waals surface area (Å²) in [5, 5.41) is 0. The van der Waals surface area contributed by atoms with Gasteiger partial charge in [0.25, 0.3) is 0 Å². The number of rotatable bonds is 2. The van der Waals surface area contributed by atoms with Crippen LogP contribution in [0.2, 0.25) is 0 Å². The number of hydrogen-bond acceptors (Lipinski definition) is 1. The Kier molecular flexibility index (Phi) is 4.30. The van der Waals surface area contributed by atoms with Gasteiger partial charge in [0.2, 0.25) is 0 Å². The topological polar surface area (TPSA) is 12.4 Å². The number of hydrogen-bond donors (Lipinski definition) is 0. The summed E-state index contributed by atoms with van der Waals surface area (Å²) in [6, 6.07) is 30.4. The Labute approximate surface area is 150 Å².